The fourth-order valence-electron chi connectivity index (χ4n) is 0.839. The Morgan fingerprint density at radius 2 is 2.22 bits per heavy atom. The van der Waals surface area contributed by atoms with Crippen molar-refractivity contribution in [2.45, 2.75) is 10.2 Å². The van der Waals surface area contributed by atoms with Crippen molar-refractivity contribution in [2.24, 2.45) is 0 Å². The molecule has 1 aliphatic carbocycles. The van der Waals surface area contributed by atoms with E-state index in [0.717, 1.165) is 0 Å². The SMILES string of the molecule is OC12C=CC=CC1S2.[Ca]. The maximum absolute atomic E-state index is 9.27. The van der Waals surface area contributed by atoms with Crippen LogP contribution in [0.3, 0.4) is 0 Å². The standard InChI is InChI=1S/C6H6OS.Ca/c7-6-4-2-1-3-5(6)8-6;/h1-5,7H;. The van der Waals surface area contributed by atoms with Gasteiger partial charge in [0.25, 0.3) is 0 Å². The summed E-state index contributed by atoms with van der Waals surface area (Å²) in [7, 11) is 0. The molecule has 0 aromatic carbocycles. The maximum Gasteiger partial charge on any atom is 0.145 e. The summed E-state index contributed by atoms with van der Waals surface area (Å²) >= 11 is 1.58. The van der Waals surface area contributed by atoms with Crippen LogP contribution in [0.15, 0.2) is 24.3 Å². The van der Waals surface area contributed by atoms with E-state index >= 15 is 0 Å². The van der Waals surface area contributed by atoms with Gasteiger partial charge in [-0.3, -0.25) is 0 Å². The number of thioether (sulfide) groups is 1. The summed E-state index contributed by atoms with van der Waals surface area (Å²) in [6.07, 6.45) is 7.71. The second-order valence-corrected chi connectivity index (χ2v) is 3.43. The zero-order valence-corrected chi connectivity index (χ0v) is 7.97. The number of fused-ring (bicyclic) bond motifs is 1. The molecule has 1 nitrogen and oxygen atoms in total. The molecule has 2 rings (SSSR count). The molecule has 1 saturated heterocycles. The summed E-state index contributed by atoms with van der Waals surface area (Å²) in [5.74, 6) is 0. The molecule has 3 heteroatoms. The van der Waals surface area contributed by atoms with Gasteiger partial charge in [-0.25, -0.2) is 0 Å². The average molecular weight is 166 g/mol. The minimum atomic E-state index is -0.505. The second kappa shape index (κ2) is 2.59. The van der Waals surface area contributed by atoms with E-state index in [1.54, 1.807) is 11.8 Å². The zero-order valence-electron chi connectivity index (χ0n) is 4.95. The summed E-state index contributed by atoms with van der Waals surface area (Å²) < 4.78 is 0. The molecule has 0 aromatic rings. The summed E-state index contributed by atoms with van der Waals surface area (Å²) in [6, 6.07) is 0. The zero-order chi connectivity index (χ0) is 5.61. The molecular weight excluding hydrogens is 160 g/mol. The van der Waals surface area contributed by atoms with E-state index in [2.05, 4.69) is 0 Å². The number of allylic oxidation sites excluding steroid dienone is 2. The van der Waals surface area contributed by atoms with Crippen molar-refractivity contribution in [3.05, 3.63) is 24.3 Å². The van der Waals surface area contributed by atoms with E-state index in [9.17, 15) is 5.11 Å². The number of aliphatic hydroxyl groups is 1. The largest absolute Gasteiger partial charge is 0.374 e. The van der Waals surface area contributed by atoms with Gasteiger partial charge in [-0.15, -0.1) is 11.8 Å². The van der Waals surface area contributed by atoms with Crippen LogP contribution in [-0.4, -0.2) is 53.0 Å². The van der Waals surface area contributed by atoms with Crippen LogP contribution < -0.4 is 0 Å². The Bertz CT molecular complexity index is 178. The molecule has 1 heterocycles. The van der Waals surface area contributed by atoms with Gasteiger partial charge >= 0.3 is 0 Å². The van der Waals surface area contributed by atoms with Crippen LogP contribution in [0.2, 0.25) is 0 Å². The Balaban J connectivity index is 0.000000405. The van der Waals surface area contributed by atoms with Gasteiger partial charge < -0.3 is 5.11 Å². The summed E-state index contributed by atoms with van der Waals surface area (Å²) in [6.45, 7) is 0. The van der Waals surface area contributed by atoms with E-state index in [4.69, 9.17) is 0 Å². The van der Waals surface area contributed by atoms with Gasteiger partial charge in [-0.1, -0.05) is 18.2 Å². The molecule has 2 unspecified atom stereocenters. The normalized spacial score (nSPS) is 43.4. The van der Waals surface area contributed by atoms with Crippen molar-refractivity contribution in [3.8, 4) is 0 Å². The smallest absolute Gasteiger partial charge is 0.145 e. The monoisotopic (exact) mass is 166 g/mol. The van der Waals surface area contributed by atoms with E-state index in [1.165, 1.54) is 0 Å². The van der Waals surface area contributed by atoms with Gasteiger partial charge in [0.2, 0.25) is 0 Å². The predicted molar refractivity (Wildman–Crippen MR) is 40.4 cm³/mol. The Morgan fingerprint density at radius 3 is 2.67 bits per heavy atom. The molecule has 9 heavy (non-hydrogen) atoms. The van der Waals surface area contributed by atoms with Gasteiger partial charge in [0, 0.05) is 37.7 Å². The van der Waals surface area contributed by atoms with Crippen LogP contribution >= 0.6 is 11.8 Å². The number of hydrogen-bond acceptors (Lipinski definition) is 2. The van der Waals surface area contributed by atoms with Crippen LogP contribution in [-0.2, 0) is 0 Å². The molecule has 0 aromatic heterocycles. The first-order valence-electron chi connectivity index (χ1n) is 2.57. The maximum atomic E-state index is 9.27. The first-order valence-corrected chi connectivity index (χ1v) is 3.45. The van der Waals surface area contributed by atoms with Crippen molar-refractivity contribution in [1.82, 2.24) is 0 Å². The molecule has 2 radical (unpaired) electrons. The van der Waals surface area contributed by atoms with Crippen molar-refractivity contribution in [2.75, 3.05) is 0 Å². The molecular formula is C6H6CaOS. The van der Waals surface area contributed by atoms with Gasteiger partial charge in [0.05, 0.1) is 5.25 Å². The topological polar surface area (TPSA) is 20.2 Å². The molecule has 0 spiro atoms. The Kier molecular flexibility index (Phi) is 2.34. The molecule has 1 aliphatic heterocycles. The molecule has 0 saturated carbocycles. The quantitative estimate of drug-likeness (QED) is 0.418. The fraction of sp³-hybridized carbons (Fsp3) is 0.333. The van der Waals surface area contributed by atoms with E-state index in [-0.39, 0.29) is 37.7 Å². The number of rotatable bonds is 0. The average Bonchev–Trinajstić information content (AvgIpc) is 2.39. The van der Waals surface area contributed by atoms with Crippen LogP contribution in [0, 0.1) is 0 Å². The van der Waals surface area contributed by atoms with Crippen LogP contribution in [0.25, 0.3) is 0 Å². The third-order valence-corrected chi connectivity index (χ3v) is 2.68. The van der Waals surface area contributed by atoms with Crippen LogP contribution in [0.5, 0.6) is 0 Å². The molecule has 1 N–H and O–H groups in total. The predicted octanol–water partition coefficient (Wildman–Crippen LogP) is 0.536. The third kappa shape index (κ3) is 1.38. The van der Waals surface area contributed by atoms with Crippen LogP contribution in [0.1, 0.15) is 0 Å². The minimum Gasteiger partial charge on any atom is -0.374 e. The Hall–Kier alpha value is 1.05. The van der Waals surface area contributed by atoms with Crippen molar-refractivity contribution in [1.29, 1.82) is 0 Å². The van der Waals surface area contributed by atoms with Gasteiger partial charge in [0.15, 0.2) is 0 Å². The Morgan fingerprint density at radius 1 is 1.44 bits per heavy atom. The first-order chi connectivity index (χ1) is 3.81. The Labute approximate surface area is 88.2 Å². The van der Waals surface area contributed by atoms with E-state index < -0.39 is 4.93 Å². The molecule has 44 valence electrons. The molecule has 2 aliphatic rings. The second-order valence-electron chi connectivity index (χ2n) is 2.03. The fourth-order valence-corrected chi connectivity index (χ4v) is 1.66. The van der Waals surface area contributed by atoms with Gasteiger partial charge in [0.1, 0.15) is 4.93 Å². The van der Waals surface area contributed by atoms with Gasteiger partial charge in [-0.05, 0) is 6.08 Å². The van der Waals surface area contributed by atoms with E-state index in [1.807, 2.05) is 24.3 Å². The van der Waals surface area contributed by atoms with Crippen molar-refractivity contribution in [3.63, 3.8) is 0 Å². The summed E-state index contributed by atoms with van der Waals surface area (Å²) in [5, 5.41) is 9.63. The van der Waals surface area contributed by atoms with Crippen molar-refractivity contribution >= 4 is 49.5 Å². The molecule has 0 bridgehead atoms. The molecule has 0 amide bonds. The first kappa shape index (κ1) is 8.15. The van der Waals surface area contributed by atoms with E-state index in [0.29, 0.717) is 5.25 Å². The molecule has 1 fully saturated rings. The van der Waals surface area contributed by atoms with Gasteiger partial charge in [-0.2, -0.15) is 0 Å². The third-order valence-electron chi connectivity index (χ3n) is 1.40. The van der Waals surface area contributed by atoms with Crippen molar-refractivity contribution < 1.29 is 5.11 Å². The van der Waals surface area contributed by atoms with Crippen LogP contribution in [0.4, 0.5) is 0 Å². The molecule has 2 atom stereocenters. The summed E-state index contributed by atoms with van der Waals surface area (Å²) in [4.78, 5) is -0.505. The minimum absolute atomic E-state index is 0. The summed E-state index contributed by atoms with van der Waals surface area (Å²) in [5.41, 5.74) is 0. The number of hydrogen-bond donors (Lipinski definition) is 1.